The lowest BCUT2D eigenvalue weighted by Gasteiger charge is -2.28. The van der Waals surface area contributed by atoms with Gasteiger partial charge < -0.3 is 14.7 Å². The molecule has 0 aliphatic heterocycles. The summed E-state index contributed by atoms with van der Waals surface area (Å²) in [5, 5.41) is 12.8. The molecule has 3 rings (SSSR count). The monoisotopic (exact) mass is 467 g/mol. The highest BCUT2D eigenvalue weighted by Gasteiger charge is 2.20. The molecule has 5 nitrogen and oxygen atoms in total. The molecule has 6 heteroatoms. The quantitative estimate of drug-likeness (QED) is 0.309. The number of benzene rings is 2. The zero-order valence-corrected chi connectivity index (χ0v) is 19.8. The van der Waals surface area contributed by atoms with Crippen molar-refractivity contribution in [3.05, 3.63) is 76.5 Å². The molecule has 0 atom stereocenters. The Bertz CT molecular complexity index is 1110. The van der Waals surface area contributed by atoms with E-state index in [-0.39, 0.29) is 12.0 Å². The van der Waals surface area contributed by atoms with Crippen molar-refractivity contribution in [1.82, 2.24) is 4.90 Å². The number of thiophene rings is 1. The van der Waals surface area contributed by atoms with Crippen molar-refractivity contribution in [2.45, 2.75) is 52.1 Å². The first-order chi connectivity index (χ1) is 16.7. The molecule has 0 fully saturated rings. The lowest BCUT2D eigenvalue weighted by molar-refractivity contribution is -0.137. The fourth-order valence-corrected chi connectivity index (χ4v) is 4.00. The molecule has 0 spiro atoms. The number of carboxylic acid groups (broad SMARTS) is 1. The third-order valence-electron chi connectivity index (χ3n) is 5.14. The van der Waals surface area contributed by atoms with Crippen LogP contribution in [0.25, 0.3) is 11.1 Å². The van der Waals surface area contributed by atoms with Gasteiger partial charge in [-0.2, -0.15) is 11.3 Å². The topological polar surface area (TPSA) is 66.8 Å². The Morgan fingerprint density at radius 1 is 1.03 bits per heavy atom. The van der Waals surface area contributed by atoms with Crippen LogP contribution in [-0.4, -0.2) is 34.5 Å². The van der Waals surface area contributed by atoms with Crippen LogP contribution in [0.4, 0.5) is 0 Å². The smallest absolute Gasteiger partial charge is 0.303 e. The molecule has 1 aromatic heterocycles. The Morgan fingerprint density at radius 3 is 2.45 bits per heavy atom. The average Bonchev–Trinajstić information content (AvgIpc) is 3.36. The van der Waals surface area contributed by atoms with Crippen molar-refractivity contribution in [2.24, 2.45) is 0 Å². The number of amides is 1. The minimum Gasteiger partial charge on any atom is -0.493 e. The summed E-state index contributed by atoms with van der Waals surface area (Å²) in [5.74, 6) is -0.837. The van der Waals surface area contributed by atoms with E-state index in [1.165, 1.54) is 4.90 Å². The van der Waals surface area contributed by atoms with Gasteiger partial charge in [-0.1, -0.05) is 30.3 Å². The molecule has 0 aliphatic rings. The Kier molecular flexibility index (Phi) is 8.03. The van der Waals surface area contributed by atoms with Crippen molar-refractivity contribution >= 4 is 23.2 Å². The molecule has 1 N–H and O–H groups in total. The van der Waals surface area contributed by atoms with Crippen LogP contribution < -0.4 is 4.74 Å². The van der Waals surface area contributed by atoms with E-state index < -0.39 is 24.4 Å². The van der Waals surface area contributed by atoms with Gasteiger partial charge in [-0.3, -0.25) is 9.59 Å². The Hall–Kier alpha value is -3.12. The van der Waals surface area contributed by atoms with Crippen LogP contribution >= 0.6 is 11.3 Å². The van der Waals surface area contributed by atoms with Crippen LogP contribution in [0.2, 0.25) is 0 Å². The zero-order valence-electron chi connectivity index (χ0n) is 21.0. The Morgan fingerprint density at radius 2 is 1.79 bits per heavy atom. The molecule has 2 aromatic carbocycles. The van der Waals surface area contributed by atoms with Gasteiger partial charge >= 0.3 is 5.97 Å². The number of carboxylic acids is 1. The van der Waals surface area contributed by atoms with Gasteiger partial charge in [-0.25, -0.2) is 0 Å². The molecule has 0 saturated carbocycles. The van der Waals surface area contributed by atoms with Crippen LogP contribution in [0.15, 0.2) is 65.4 Å². The first-order valence-electron chi connectivity index (χ1n) is 12.1. The maximum atomic E-state index is 13.5. The van der Waals surface area contributed by atoms with Gasteiger partial charge in [0.05, 0.1) is 9.35 Å². The lowest BCUT2D eigenvalue weighted by atomic mass is 10.1. The van der Waals surface area contributed by atoms with Gasteiger partial charge in [-0.05, 0) is 79.3 Å². The zero-order chi connectivity index (χ0) is 25.4. The summed E-state index contributed by atoms with van der Waals surface area (Å²) in [7, 11) is 0. The van der Waals surface area contributed by atoms with Gasteiger partial charge in [0.1, 0.15) is 5.75 Å². The van der Waals surface area contributed by atoms with Gasteiger partial charge in [0, 0.05) is 30.1 Å². The lowest BCUT2D eigenvalue weighted by Crippen LogP contribution is -2.36. The van der Waals surface area contributed by atoms with E-state index in [0.717, 1.165) is 11.1 Å². The highest BCUT2D eigenvalue weighted by molar-refractivity contribution is 7.08. The summed E-state index contributed by atoms with van der Waals surface area (Å²) in [4.78, 5) is 25.4. The van der Waals surface area contributed by atoms with Crippen molar-refractivity contribution in [2.75, 3.05) is 6.61 Å². The largest absolute Gasteiger partial charge is 0.493 e. The third-order valence-corrected chi connectivity index (χ3v) is 5.83. The highest BCUT2D eigenvalue weighted by Crippen LogP contribution is 2.25. The summed E-state index contributed by atoms with van der Waals surface area (Å²) in [6, 6.07) is 15.7. The minimum absolute atomic E-state index is 0.124. The first kappa shape index (κ1) is 21.7. The van der Waals surface area contributed by atoms with Crippen LogP contribution in [0.5, 0.6) is 5.75 Å². The number of aliphatic carboxylic acids is 1. The number of ether oxygens (including phenoxy) is 1. The minimum atomic E-state index is -2.11. The number of unbranched alkanes of at least 4 members (excludes halogenated alkanes) is 2. The average molecular weight is 468 g/mol. The third kappa shape index (κ3) is 7.19. The number of rotatable bonds is 12. The predicted molar refractivity (Wildman–Crippen MR) is 133 cm³/mol. The van der Waals surface area contributed by atoms with Crippen molar-refractivity contribution in [3.63, 3.8) is 0 Å². The number of hydrogen-bond acceptors (Lipinski definition) is 4. The molecular formula is C27H31NO4S. The molecule has 0 unspecified atom stereocenters. The summed E-state index contributed by atoms with van der Waals surface area (Å²) in [6.45, 7) is 1.81. The summed E-state index contributed by atoms with van der Waals surface area (Å²) < 4.78 is 23.8. The highest BCUT2D eigenvalue weighted by atomic mass is 32.1. The number of para-hydroxylation sites is 1. The van der Waals surface area contributed by atoms with E-state index in [9.17, 15) is 9.59 Å². The summed E-state index contributed by atoms with van der Waals surface area (Å²) in [5.41, 5.74) is 2.78. The van der Waals surface area contributed by atoms with Gasteiger partial charge in [-0.15, -0.1) is 0 Å². The molecule has 0 radical (unpaired) electrons. The van der Waals surface area contributed by atoms with E-state index in [0.29, 0.717) is 37.2 Å². The molecule has 174 valence electrons. The normalized spacial score (nSPS) is 12.2. The Balaban J connectivity index is 1.78. The fourth-order valence-electron chi connectivity index (χ4n) is 3.34. The van der Waals surface area contributed by atoms with E-state index in [2.05, 4.69) is 0 Å². The molecule has 1 amide bonds. The first-order valence-corrected chi connectivity index (χ1v) is 12.1. The number of carbonyl (C=O) groups excluding carboxylic acids is 1. The van der Waals surface area contributed by atoms with E-state index in [1.54, 1.807) is 61.6 Å². The van der Waals surface area contributed by atoms with Gasteiger partial charge in [0.15, 0.2) is 0 Å². The molecular weight excluding hydrogens is 434 g/mol. The maximum Gasteiger partial charge on any atom is 0.303 e. The van der Waals surface area contributed by atoms with Crippen LogP contribution in [0.3, 0.4) is 0 Å². The number of carbonyl (C=O) groups is 2. The second-order valence-electron chi connectivity index (χ2n) is 8.02. The van der Waals surface area contributed by atoms with E-state index >= 15 is 0 Å². The van der Waals surface area contributed by atoms with E-state index in [4.69, 9.17) is 12.6 Å². The Labute approximate surface area is 202 Å². The number of hydrogen-bond donors (Lipinski definition) is 1. The summed E-state index contributed by atoms with van der Waals surface area (Å²) >= 11 is 1.61. The van der Waals surface area contributed by atoms with Crippen molar-refractivity contribution in [1.29, 1.82) is 0 Å². The second-order valence-corrected chi connectivity index (χ2v) is 8.80. The van der Waals surface area contributed by atoms with Crippen LogP contribution in [0.1, 0.15) is 58.2 Å². The van der Waals surface area contributed by atoms with Crippen LogP contribution in [-0.2, 0) is 11.3 Å². The fraction of sp³-hybridized carbons (Fsp3) is 0.333. The predicted octanol–water partition coefficient (Wildman–Crippen LogP) is 6.49. The summed E-state index contributed by atoms with van der Waals surface area (Å²) in [6.07, 6.45) is 2.06. The molecule has 0 saturated heterocycles. The molecule has 1 heterocycles. The van der Waals surface area contributed by atoms with Crippen molar-refractivity contribution in [3.8, 4) is 16.9 Å². The molecule has 0 aliphatic carbocycles. The van der Waals surface area contributed by atoms with Gasteiger partial charge in [0.2, 0.25) is 0 Å². The standard InChI is InChI=1S/C27H31NO4S/c1-20(2)28(27(31)22-13-11-21(12-14-22)24-15-17-33-19-24)18-23-8-5-6-9-25(23)32-16-7-3-4-10-26(29)30/h5-6,8-9,11-15,17,19-20H,3-4,7,10,16,18H2,1-2H3,(H,29,30)/i18D2. The maximum absolute atomic E-state index is 13.5. The molecule has 0 bridgehead atoms. The van der Waals surface area contributed by atoms with Crippen LogP contribution in [0, 0.1) is 0 Å². The van der Waals surface area contributed by atoms with Crippen molar-refractivity contribution < 1.29 is 22.2 Å². The van der Waals surface area contributed by atoms with E-state index in [1.807, 2.05) is 29.0 Å². The molecule has 33 heavy (non-hydrogen) atoms. The van der Waals surface area contributed by atoms with Gasteiger partial charge in [0.25, 0.3) is 5.91 Å². The number of nitrogens with zero attached hydrogens (tertiary/aromatic N) is 1. The second kappa shape index (κ2) is 12.2. The molecule has 3 aromatic rings. The SMILES string of the molecule is [2H]C([2H])(c1ccccc1OCCCCCC(=O)O)N(C(=O)c1ccc(-c2ccsc2)cc1)C(C)C.